The largest absolute Gasteiger partial charge is 0.444 e. The Morgan fingerprint density at radius 1 is 1.45 bits per heavy atom. The van der Waals surface area contributed by atoms with E-state index in [2.05, 4.69) is 0 Å². The lowest BCUT2D eigenvalue weighted by atomic mass is 10.2. The van der Waals surface area contributed by atoms with Gasteiger partial charge in [0.1, 0.15) is 12.6 Å². The SMILES string of the molecule is CSCC[C@H]1C(=O)OCN1C(=O)OCc1ccccc1. The van der Waals surface area contributed by atoms with Gasteiger partial charge < -0.3 is 9.47 Å². The third-order valence-corrected chi connectivity index (χ3v) is 3.67. The summed E-state index contributed by atoms with van der Waals surface area (Å²) < 4.78 is 10.1. The van der Waals surface area contributed by atoms with Crippen molar-refractivity contribution in [1.29, 1.82) is 0 Å². The number of cyclic esters (lactones) is 1. The maximum Gasteiger partial charge on any atom is 0.413 e. The Morgan fingerprint density at radius 2 is 2.20 bits per heavy atom. The highest BCUT2D eigenvalue weighted by Crippen LogP contribution is 2.18. The summed E-state index contributed by atoms with van der Waals surface area (Å²) in [7, 11) is 0. The van der Waals surface area contributed by atoms with E-state index in [1.807, 2.05) is 36.6 Å². The quantitative estimate of drug-likeness (QED) is 0.780. The van der Waals surface area contributed by atoms with Crippen molar-refractivity contribution >= 4 is 23.8 Å². The van der Waals surface area contributed by atoms with E-state index in [0.29, 0.717) is 6.42 Å². The molecule has 1 aromatic carbocycles. The van der Waals surface area contributed by atoms with Gasteiger partial charge in [0, 0.05) is 0 Å². The number of esters is 1. The molecule has 0 N–H and O–H groups in total. The molecule has 1 saturated heterocycles. The summed E-state index contributed by atoms with van der Waals surface area (Å²) in [5, 5.41) is 0. The number of hydrogen-bond acceptors (Lipinski definition) is 5. The molecule has 1 amide bonds. The predicted molar refractivity (Wildman–Crippen MR) is 76.2 cm³/mol. The first-order chi connectivity index (χ1) is 9.72. The van der Waals surface area contributed by atoms with Gasteiger partial charge >= 0.3 is 12.1 Å². The fourth-order valence-corrected chi connectivity index (χ4v) is 2.39. The molecule has 1 aliphatic rings. The van der Waals surface area contributed by atoms with Crippen LogP contribution in [0.15, 0.2) is 30.3 Å². The van der Waals surface area contributed by atoms with E-state index in [1.54, 1.807) is 11.8 Å². The number of hydrogen-bond donors (Lipinski definition) is 0. The maximum absolute atomic E-state index is 12.0. The molecular formula is C14H17NO4S. The zero-order valence-corrected chi connectivity index (χ0v) is 12.1. The number of rotatable bonds is 5. The van der Waals surface area contributed by atoms with E-state index >= 15 is 0 Å². The van der Waals surface area contributed by atoms with Gasteiger partial charge in [-0.3, -0.25) is 4.90 Å². The van der Waals surface area contributed by atoms with Gasteiger partial charge in [-0.2, -0.15) is 11.8 Å². The number of amides is 1. The molecule has 5 nitrogen and oxygen atoms in total. The molecule has 2 rings (SSSR count). The Labute approximate surface area is 122 Å². The van der Waals surface area contributed by atoms with Crippen LogP contribution in [0.4, 0.5) is 4.79 Å². The van der Waals surface area contributed by atoms with Crippen LogP contribution in [0.2, 0.25) is 0 Å². The van der Waals surface area contributed by atoms with Gasteiger partial charge in [0.25, 0.3) is 0 Å². The van der Waals surface area contributed by atoms with Gasteiger partial charge in [-0.05, 0) is 24.0 Å². The number of carbonyl (C=O) groups is 2. The van der Waals surface area contributed by atoms with Crippen LogP contribution in [0.5, 0.6) is 0 Å². The van der Waals surface area contributed by atoms with Gasteiger partial charge in [-0.25, -0.2) is 9.59 Å². The fourth-order valence-electron chi connectivity index (χ4n) is 1.93. The molecule has 0 saturated carbocycles. The van der Waals surface area contributed by atoms with Crippen LogP contribution >= 0.6 is 11.8 Å². The normalized spacial score (nSPS) is 17.9. The summed E-state index contributed by atoms with van der Waals surface area (Å²) in [6.45, 7) is 0.172. The standard InChI is InChI=1S/C14H17NO4S/c1-20-8-7-12-13(16)19-10-15(12)14(17)18-9-11-5-3-2-4-6-11/h2-6,12H,7-10H2,1H3/t12-/m0/s1. The highest BCUT2D eigenvalue weighted by molar-refractivity contribution is 7.98. The first-order valence-corrected chi connectivity index (χ1v) is 7.74. The third kappa shape index (κ3) is 3.66. The molecule has 1 atom stereocenters. The fraction of sp³-hybridized carbons (Fsp3) is 0.429. The minimum absolute atomic E-state index is 0.0223. The van der Waals surface area contributed by atoms with Crippen molar-refractivity contribution in [1.82, 2.24) is 4.90 Å². The van der Waals surface area contributed by atoms with E-state index in [0.717, 1.165) is 11.3 Å². The minimum atomic E-state index is -0.522. The Bertz CT molecular complexity index is 466. The van der Waals surface area contributed by atoms with Crippen LogP contribution in [0, 0.1) is 0 Å². The third-order valence-electron chi connectivity index (χ3n) is 3.03. The first kappa shape index (κ1) is 14.7. The molecule has 1 heterocycles. The Balaban J connectivity index is 1.89. The van der Waals surface area contributed by atoms with Crippen molar-refractivity contribution < 1.29 is 19.1 Å². The summed E-state index contributed by atoms with van der Waals surface area (Å²) in [6.07, 6.45) is 2.03. The highest BCUT2D eigenvalue weighted by Gasteiger charge is 2.38. The van der Waals surface area contributed by atoms with E-state index in [4.69, 9.17) is 9.47 Å². The second kappa shape index (κ2) is 7.19. The molecular weight excluding hydrogens is 278 g/mol. The average molecular weight is 295 g/mol. The molecule has 1 aromatic rings. The molecule has 0 bridgehead atoms. The van der Waals surface area contributed by atoms with Gasteiger partial charge in [-0.1, -0.05) is 30.3 Å². The summed E-state index contributed by atoms with van der Waals surface area (Å²) in [4.78, 5) is 24.9. The van der Waals surface area contributed by atoms with Crippen LogP contribution in [0.1, 0.15) is 12.0 Å². The van der Waals surface area contributed by atoms with Crippen LogP contribution in [-0.4, -0.2) is 41.7 Å². The summed E-state index contributed by atoms with van der Waals surface area (Å²) in [5.41, 5.74) is 0.910. The van der Waals surface area contributed by atoms with Gasteiger partial charge in [0.15, 0.2) is 6.73 Å². The van der Waals surface area contributed by atoms with Crippen molar-refractivity contribution in [2.24, 2.45) is 0 Å². The van der Waals surface area contributed by atoms with Gasteiger partial charge in [0.2, 0.25) is 0 Å². The molecule has 0 aromatic heterocycles. The Kier molecular flexibility index (Phi) is 5.29. The van der Waals surface area contributed by atoms with Crippen LogP contribution in [0.3, 0.4) is 0 Å². The van der Waals surface area contributed by atoms with Crippen LogP contribution in [0.25, 0.3) is 0 Å². The average Bonchev–Trinajstić information content (AvgIpc) is 2.85. The summed E-state index contributed by atoms with van der Waals surface area (Å²) in [5.74, 6) is 0.443. The predicted octanol–water partition coefficient (Wildman–Crippen LogP) is 2.26. The number of benzene rings is 1. The number of nitrogens with zero attached hydrogens (tertiary/aromatic N) is 1. The number of carbonyl (C=O) groups excluding carboxylic acids is 2. The van der Waals surface area contributed by atoms with E-state index in [1.165, 1.54) is 4.90 Å². The van der Waals surface area contributed by atoms with Crippen LogP contribution in [-0.2, 0) is 20.9 Å². The van der Waals surface area contributed by atoms with Gasteiger partial charge in [0.05, 0.1) is 0 Å². The van der Waals surface area contributed by atoms with Crippen molar-refractivity contribution in [3.63, 3.8) is 0 Å². The minimum Gasteiger partial charge on any atom is -0.444 e. The summed E-state index contributed by atoms with van der Waals surface area (Å²) in [6, 6.07) is 8.90. The topological polar surface area (TPSA) is 55.8 Å². The van der Waals surface area contributed by atoms with E-state index < -0.39 is 12.1 Å². The van der Waals surface area contributed by atoms with Crippen molar-refractivity contribution in [3.05, 3.63) is 35.9 Å². The second-order valence-corrected chi connectivity index (χ2v) is 5.39. The zero-order chi connectivity index (χ0) is 14.4. The smallest absolute Gasteiger partial charge is 0.413 e. The van der Waals surface area contributed by atoms with E-state index in [9.17, 15) is 9.59 Å². The number of ether oxygens (including phenoxy) is 2. The van der Waals surface area contributed by atoms with Crippen molar-refractivity contribution in [2.75, 3.05) is 18.7 Å². The molecule has 108 valence electrons. The monoisotopic (exact) mass is 295 g/mol. The Morgan fingerprint density at radius 3 is 2.90 bits per heavy atom. The molecule has 20 heavy (non-hydrogen) atoms. The lowest BCUT2D eigenvalue weighted by molar-refractivity contribution is -0.139. The molecule has 6 heteroatoms. The second-order valence-electron chi connectivity index (χ2n) is 4.40. The van der Waals surface area contributed by atoms with E-state index in [-0.39, 0.29) is 19.3 Å². The molecule has 0 aliphatic carbocycles. The molecule has 1 aliphatic heterocycles. The maximum atomic E-state index is 12.0. The summed E-state index contributed by atoms with van der Waals surface area (Å²) >= 11 is 1.63. The Hall–Kier alpha value is -1.69. The number of thioether (sulfide) groups is 1. The first-order valence-electron chi connectivity index (χ1n) is 6.35. The lowest BCUT2D eigenvalue weighted by Gasteiger charge is -2.19. The molecule has 0 radical (unpaired) electrons. The van der Waals surface area contributed by atoms with Crippen molar-refractivity contribution in [2.45, 2.75) is 19.1 Å². The molecule has 1 fully saturated rings. The molecule has 0 unspecified atom stereocenters. The van der Waals surface area contributed by atoms with Crippen LogP contribution < -0.4 is 0 Å². The highest BCUT2D eigenvalue weighted by atomic mass is 32.2. The van der Waals surface area contributed by atoms with Crippen molar-refractivity contribution in [3.8, 4) is 0 Å². The zero-order valence-electron chi connectivity index (χ0n) is 11.3. The van der Waals surface area contributed by atoms with Gasteiger partial charge in [-0.15, -0.1) is 0 Å². The lowest BCUT2D eigenvalue weighted by Crippen LogP contribution is -2.38. The molecule has 0 spiro atoms.